The van der Waals surface area contributed by atoms with Crippen LogP contribution in [0.5, 0.6) is 0 Å². The monoisotopic (exact) mass is 271 g/mol. The predicted octanol–water partition coefficient (Wildman–Crippen LogP) is 3.02. The first-order valence-electron chi connectivity index (χ1n) is 6.70. The summed E-state index contributed by atoms with van der Waals surface area (Å²) in [6.07, 6.45) is 2.57. The molecule has 0 bridgehead atoms. The summed E-state index contributed by atoms with van der Waals surface area (Å²) in [5.41, 5.74) is 3.44. The Morgan fingerprint density at radius 1 is 1.40 bits per heavy atom. The molecule has 0 saturated heterocycles. The number of para-hydroxylation sites is 1. The SMILES string of the molecule is COC(=O)c1occc1CN1c2ccccc2C[C@H]1C. The third kappa shape index (κ3) is 2.07. The van der Waals surface area contributed by atoms with Gasteiger partial charge in [0.2, 0.25) is 5.76 Å². The van der Waals surface area contributed by atoms with Gasteiger partial charge in [-0.3, -0.25) is 0 Å². The van der Waals surface area contributed by atoms with Gasteiger partial charge in [0.25, 0.3) is 0 Å². The molecule has 1 aromatic heterocycles. The van der Waals surface area contributed by atoms with Gasteiger partial charge in [-0.25, -0.2) is 4.79 Å². The Morgan fingerprint density at radius 2 is 2.20 bits per heavy atom. The molecule has 0 spiro atoms. The van der Waals surface area contributed by atoms with Crippen LogP contribution in [0, 0.1) is 0 Å². The number of methoxy groups -OCH3 is 1. The fourth-order valence-corrected chi connectivity index (χ4v) is 2.79. The number of carbonyl (C=O) groups is 1. The largest absolute Gasteiger partial charge is 0.463 e. The molecule has 0 fully saturated rings. The highest BCUT2D eigenvalue weighted by molar-refractivity contribution is 5.88. The summed E-state index contributed by atoms with van der Waals surface area (Å²) in [5, 5.41) is 0. The van der Waals surface area contributed by atoms with Crippen LogP contribution in [0.4, 0.5) is 5.69 Å². The molecular weight excluding hydrogens is 254 g/mol. The Balaban J connectivity index is 1.89. The van der Waals surface area contributed by atoms with Crippen molar-refractivity contribution >= 4 is 11.7 Å². The van der Waals surface area contributed by atoms with Gasteiger partial charge in [0.05, 0.1) is 13.4 Å². The molecule has 0 saturated carbocycles. The number of nitrogens with zero attached hydrogens (tertiary/aromatic N) is 1. The smallest absolute Gasteiger partial charge is 0.374 e. The fourth-order valence-electron chi connectivity index (χ4n) is 2.79. The van der Waals surface area contributed by atoms with Crippen LogP contribution in [-0.4, -0.2) is 19.1 Å². The van der Waals surface area contributed by atoms with Crippen molar-refractivity contribution in [2.75, 3.05) is 12.0 Å². The van der Waals surface area contributed by atoms with Gasteiger partial charge in [-0.1, -0.05) is 18.2 Å². The van der Waals surface area contributed by atoms with Crippen molar-refractivity contribution in [3.05, 3.63) is 53.5 Å². The lowest BCUT2D eigenvalue weighted by atomic mass is 10.1. The van der Waals surface area contributed by atoms with Crippen molar-refractivity contribution in [3.8, 4) is 0 Å². The van der Waals surface area contributed by atoms with E-state index in [0.717, 1.165) is 12.0 Å². The Labute approximate surface area is 118 Å². The molecule has 0 N–H and O–H groups in total. The number of carbonyl (C=O) groups excluding carboxylic acids is 1. The zero-order valence-corrected chi connectivity index (χ0v) is 11.6. The molecule has 1 aromatic carbocycles. The minimum atomic E-state index is -0.426. The molecular formula is C16H17NO3. The second-order valence-electron chi connectivity index (χ2n) is 5.08. The lowest BCUT2D eigenvalue weighted by Gasteiger charge is -2.24. The van der Waals surface area contributed by atoms with E-state index in [-0.39, 0.29) is 0 Å². The summed E-state index contributed by atoms with van der Waals surface area (Å²) in [4.78, 5) is 14.0. The van der Waals surface area contributed by atoms with Crippen LogP contribution in [0.1, 0.15) is 28.6 Å². The zero-order chi connectivity index (χ0) is 14.1. The number of hydrogen-bond donors (Lipinski definition) is 0. The van der Waals surface area contributed by atoms with E-state index in [1.165, 1.54) is 24.6 Å². The normalized spacial score (nSPS) is 17.1. The van der Waals surface area contributed by atoms with Gasteiger partial charge in [0.1, 0.15) is 0 Å². The third-order valence-corrected chi connectivity index (χ3v) is 3.81. The van der Waals surface area contributed by atoms with Gasteiger partial charge in [-0.15, -0.1) is 0 Å². The van der Waals surface area contributed by atoms with Crippen LogP contribution >= 0.6 is 0 Å². The van der Waals surface area contributed by atoms with E-state index in [1.54, 1.807) is 0 Å². The van der Waals surface area contributed by atoms with Crippen molar-refractivity contribution in [2.45, 2.75) is 25.9 Å². The van der Waals surface area contributed by atoms with E-state index in [4.69, 9.17) is 9.15 Å². The summed E-state index contributed by atoms with van der Waals surface area (Å²) >= 11 is 0. The Morgan fingerprint density at radius 3 is 3.00 bits per heavy atom. The van der Waals surface area contributed by atoms with Gasteiger partial charge in [-0.05, 0) is 31.0 Å². The molecule has 0 aliphatic carbocycles. The van der Waals surface area contributed by atoms with Crippen LogP contribution in [-0.2, 0) is 17.7 Å². The zero-order valence-electron chi connectivity index (χ0n) is 11.6. The van der Waals surface area contributed by atoms with Crippen molar-refractivity contribution in [1.29, 1.82) is 0 Å². The maximum atomic E-state index is 11.7. The molecule has 0 amide bonds. The first kappa shape index (κ1) is 12.8. The first-order chi connectivity index (χ1) is 9.70. The topological polar surface area (TPSA) is 42.7 Å². The number of hydrogen-bond acceptors (Lipinski definition) is 4. The Hall–Kier alpha value is -2.23. The molecule has 4 heteroatoms. The highest BCUT2D eigenvalue weighted by atomic mass is 16.5. The van der Waals surface area contributed by atoms with E-state index >= 15 is 0 Å². The molecule has 4 nitrogen and oxygen atoms in total. The number of furan rings is 1. The van der Waals surface area contributed by atoms with Crippen LogP contribution in [0.2, 0.25) is 0 Å². The molecule has 1 atom stereocenters. The lowest BCUT2D eigenvalue weighted by Crippen LogP contribution is -2.29. The van der Waals surface area contributed by atoms with E-state index in [1.807, 2.05) is 12.1 Å². The molecule has 104 valence electrons. The minimum Gasteiger partial charge on any atom is -0.463 e. The number of esters is 1. The highest BCUT2D eigenvalue weighted by Crippen LogP contribution is 2.33. The quantitative estimate of drug-likeness (QED) is 0.805. The van der Waals surface area contributed by atoms with Gasteiger partial charge >= 0.3 is 5.97 Å². The van der Waals surface area contributed by atoms with Gasteiger partial charge in [-0.2, -0.15) is 0 Å². The summed E-state index contributed by atoms with van der Waals surface area (Å²) in [7, 11) is 1.36. The van der Waals surface area contributed by atoms with E-state index in [9.17, 15) is 4.79 Å². The van der Waals surface area contributed by atoms with Crippen molar-refractivity contribution < 1.29 is 13.9 Å². The molecule has 20 heavy (non-hydrogen) atoms. The van der Waals surface area contributed by atoms with Crippen molar-refractivity contribution in [3.63, 3.8) is 0 Å². The van der Waals surface area contributed by atoms with Gasteiger partial charge in [0.15, 0.2) is 0 Å². The molecule has 1 aliphatic heterocycles. The van der Waals surface area contributed by atoms with E-state index in [2.05, 4.69) is 30.0 Å². The maximum absolute atomic E-state index is 11.7. The van der Waals surface area contributed by atoms with Crippen LogP contribution in [0.25, 0.3) is 0 Å². The summed E-state index contributed by atoms with van der Waals surface area (Å²) < 4.78 is 9.99. The summed E-state index contributed by atoms with van der Waals surface area (Å²) in [6, 6.07) is 10.6. The average molecular weight is 271 g/mol. The number of benzene rings is 1. The average Bonchev–Trinajstić information content (AvgIpc) is 3.04. The summed E-state index contributed by atoms with van der Waals surface area (Å²) in [6.45, 7) is 2.84. The Kier molecular flexibility index (Phi) is 3.22. The number of anilines is 1. The second-order valence-corrected chi connectivity index (χ2v) is 5.08. The molecule has 2 heterocycles. The molecule has 1 aliphatic rings. The summed E-state index contributed by atoms with van der Waals surface area (Å²) in [5.74, 6) is -0.130. The predicted molar refractivity (Wildman–Crippen MR) is 75.8 cm³/mol. The maximum Gasteiger partial charge on any atom is 0.374 e. The lowest BCUT2D eigenvalue weighted by molar-refractivity contribution is 0.0563. The number of rotatable bonds is 3. The van der Waals surface area contributed by atoms with Crippen LogP contribution < -0.4 is 4.90 Å². The Bertz CT molecular complexity index is 632. The number of ether oxygens (including phenoxy) is 1. The second kappa shape index (κ2) is 5.04. The standard InChI is InChI=1S/C16H17NO3/c1-11-9-12-5-3-4-6-14(12)17(11)10-13-7-8-20-15(13)16(18)19-2/h3-8,11H,9-10H2,1-2H3/t11-/m1/s1. The first-order valence-corrected chi connectivity index (χ1v) is 6.70. The van der Waals surface area contributed by atoms with Crippen LogP contribution in [0.15, 0.2) is 41.0 Å². The van der Waals surface area contributed by atoms with Crippen LogP contribution in [0.3, 0.4) is 0 Å². The van der Waals surface area contributed by atoms with Crippen molar-refractivity contribution in [2.24, 2.45) is 0 Å². The molecule has 0 radical (unpaired) electrons. The highest BCUT2D eigenvalue weighted by Gasteiger charge is 2.27. The molecule has 3 rings (SSSR count). The minimum absolute atomic E-state index is 0.295. The van der Waals surface area contributed by atoms with Crippen molar-refractivity contribution in [1.82, 2.24) is 0 Å². The van der Waals surface area contributed by atoms with E-state index < -0.39 is 5.97 Å². The fraction of sp³-hybridized carbons (Fsp3) is 0.312. The molecule has 0 unspecified atom stereocenters. The van der Waals surface area contributed by atoms with Gasteiger partial charge in [0, 0.05) is 23.8 Å². The third-order valence-electron chi connectivity index (χ3n) is 3.81. The van der Waals surface area contributed by atoms with E-state index in [0.29, 0.717) is 18.3 Å². The number of fused-ring (bicyclic) bond motifs is 1. The van der Waals surface area contributed by atoms with Gasteiger partial charge < -0.3 is 14.1 Å². The molecule has 2 aromatic rings.